The topological polar surface area (TPSA) is 50.3 Å². The van der Waals surface area contributed by atoms with Gasteiger partial charge in [0.1, 0.15) is 0 Å². The fourth-order valence-corrected chi connectivity index (χ4v) is 3.05. The molecule has 5 heteroatoms. The molecule has 0 amide bonds. The number of hydrogen-bond acceptors (Lipinski definition) is 4. The van der Waals surface area contributed by atoms with Crippen LogP contribution in [0.1, 0.15) is 37.5 Å². The van der Waals surface area contributed by atoms with Crippen LogP contribution in [-0.2, 0) is 0 Å². The molecule has 2 heterocycles. The van der Waals surface area contributed by atoms with E-state index in [2.05, 4.69) is 33.3 Å². The Kier molecular flexibility index (Phi) is 3.60. The van der Waals surface area contributed by atoms with Crippen molar-refractivity contribution in [1.29, 1.82) is 0 Å². The summed E-state index contributed by atoms with van der Waals surface area (Å²) in [6.07, 6.45) is 6.58. The normalized spacial score (nSPS) is 27.6. The third-order valence-electron chi connectivity index (χ3n) is 4.63. The molecule has 1 saturated heterocycles. The lowest BCUT2D eigenvalue weighted by Gasteiger charge is -2.41. The minimum absolute atomic E-state index is 0.319. The van der Waals surface area contributed by atoms with Gasteiger partial charge in [-0.05, 0) is 26.8 Å². The first-order chi connectivity index (χ1) is 9.20. The minimum Gasteiger partial charge on any atom is -0.330 e. The molecule has 106 valence electrons. The smallest absolute Gasteiger partial charge is 0.0951 e. The van der Waals surface area contributed by atoms with Crippen molar-refractivity contribution >= 4 is 0 Å². The molecule has 0 spiro atoms. The van der Waals surface area contributed by atoms with Gasteiger partial charge in [-0.1, -0.05) is 0 Å². The molecule has 2 fully saturated rings. The van der Waals surface area contributed by atoms with E-state index in [1.807, 2.05) is 12.5 Å². The molecule has 2 aliphatic rings. The van der Waals surface area contributed by atoms with Crippen molar-refractivity contribution < 1.29 is 0 Å². The molecule has 0 bridgehead atoms. The SMILES string of the molecule is CC1CN(C(CN)c2cncn2C2CC2)CCN1C. The number of nitrogens with zero attached hydrogens (tertiary/aromatic N) is 4. The number of rotatable bonds is 4. The Hall–Kier alpha value is -0.910. The van der Waals surface area contributed by atoms with Gasteiger partial charge < -0.3 is 15.2 Å². The van der Waals surface area contributed by atoms with Crippen LogP contribution in [0.2, 0.25) is 0 Å². The van der Waals surface area contributed by atoms with Crippen LogP contribution in [0.15, 0.2) is 12.5 Å². The maximum absolute atomic E-state index is 6.07. The predicted octanol–water partition coefficient (Wildman–Crippen LogP) is 0.854. The Morgan fingerprint density at radius 2 is 2.21 bits per heavy atom. The summed E-state index contributed by atoms with van der Waals surface area (Å²) < 4.78 is 2.35. The summed E-state index contributed by atoms with van der Waals surface area (Å²) in [6.45, 7) is 6.27. The Bertz CT molecular complexity index is 425. The lowest BCUT2D eigenvalue weighted by atomic mass is 10.1. The second kappa shape index (κ2) is 5.23. The van der Waals surface area contributed by atoms with Crippen LogP contribution in [0.3, 0.4) is 0 Å². The molecule has 19 heavy (non-hydrogen) atoms. The Morgan fingerprint density at radius 3 is 2.84 bits per heavy atom. The summed E-state index contributed by atoms with van der Waals surface area (Å²) in [5.41, 5.74) is 7.38. The van der Waals surface area contributed by atoms with Gasteiger partial charge >= 0.3 is 0 Å². The van der Waals surface area contributed by atoms with E-state index >= 15 is 0 Å². The van der Waals surface area contributed by atoms with E-state index in [1.165, 1.54) is 18.5 Å². The fraction of sp³-hybridized carbons (Fsp3) is 0.786. The van der Waals surface area contributed by atoms with Gasteiger partial charge in [-0.2, -0.15) is 0 Å². The number of piperazine rings is 1. The highest BCUT2D eigenvalue weighted by atomic mass is 15.3. The molecule has 1 saturated carbocycles. The molecule has 1 aliphatic carbocycles. The second-order valence-electron chi connectivity index (χ2n) is 6.03. The van der Waals surface area contributed by atoms with Crippen LogP contribution in [0.25, 0.3) is 0 Å². The zero-order chi connectivity index (χ0) is 13.4. The quantitative estimate of drug-likeness (QED) is 0.875. The van der Waals surface area contributed by atoms with Crippen LogP contribution in [0, 0.1) is 0 Å². The van der Waals surface area contributed by atoms with E-state index in [0.29, 0.717) is 24.7 Å². The number of nitrogens with two attached hydrogens (primary N) is 1. The molecule has 1 aromatic rings. The summed E-state index contributed by atoms with van der Waals surface area (Å²) in [5, 5.41) is 0. The Labute approximate surface area is 115 Å². The highest BCUT2D eigenvalue weighted by Crippen LogP contribution is 2.37. The number of hydrogen-bond donors (Lipinski definition) is 1. The van der Waals surface area contributed by atoms with Crippen LogP contribution in [-0.4, -0.2) is 58.6 Å². The molecule has 1 aliphatic heterocycles. The third-order valence-corrected chi connectivity index (χ3v) is 4.63. The zero-order valence-electron chi connectivity index (χ0n) is 12.0. The molecule has 5 nitrogen and oxygen atoms in total. The molecule has 0 radical (unpaired) electrons. The van der Waals surface area contributed by atoms with Crippen LogP contribution < -0.4 is 5.73 Å². The highest BCUT2D eigenvalue weighted by Gasteiger charge is 2.32. The molecule has 2 unspecified atom stereocenters. The van der Waals surface area contributed by atoms with Crippen molar-refractivity contribution in [1.82, 2.24) is 19.4 Å². The monoisotopic (exact) mass is 263 g/mol. The van der Waals surface area contributed by atoms with Crippen molar-refractivity contribution in [2.24, 2.45) is 5.73 Å². The summed E-state index contributed by atoms with van der Waals surface area (Å²) in [5.74, 6) is 0. The van der Waals surface area contributed by atoms with Gasteiger partial charge in [0.2, 0.25) is 0 Å². The number of imidazole rings is 1. The first-order valence-electron chi connectivity index (χ1n) is 7.36. The summed E-state index contributed by atoms with van der Waals surface area (Å²) in [4.78, 5) is 9.30. The van der Waals surface area contributed by atoms with Crippen molar-refractivity contribution in [3.8, 4) is 0 Å². The lowest BCUT2D eigenvalue weighted by Crippen LogP contribution is -2.52. The Balaban J connectivity index is 1.78. The largest absolute Gasteiger partial charge is 0.330 e. The van der Waals surface area contributed by atoms with E-state index in [9.17, 15) is 0 Å². The van der Waals surface area contributed by atoms with Gasteiger partial charge in [-0.15, -0.1) is 0 Å². The van der Waals surface area contributed by atoms with Crippen molar-refractivity contribution in [3.05, 3.63) is 18.2 Å². The van der Waals surface area contributed by atoms with Crippen LogP contribution in [0.4, 0.5) is 0 Å². The van der Waals surface area contributed by atoms with Gasteiger partial charge in [0.05, 0.1) is 18.1 Å². The molecule has 2 N–H and O–H groups in total. The van der Waals surface area contributed by atoms with Crippen molar-refractivity contribution in [2.75, 3.05) is 33.2 Å². The average molecular weight is 263 g/mol. The minimum atomic E-state index is 0.319. The molecule has 3 rings (SSSR count). The van der Waals surface area contributed by atoms with Gasteiger partial charge in [0.15, 0.2) is 0 Å². The lowest BCUT2D eigenvalue weighted by molar-refractivity contribution is 0.0714. The standard InChI is InChI=1S/C14H25N5/c1-11-9-18(6-5-17(11)2)13(7-15)14-8-16-10-19(14)12-3-4-12/h8,10-13H,3-7,9,15H2,1-2H3. The summed E-state index contributed by atoms with van der Waals surface area (Å²) in [6, 6.07) is 1.59. The average Bonchev–Trinajstić information content (AvgIpc) is 3.14. The molecule has 0 aromatic carbocycles. The summed E-state index contributed by atoms with van der Waals surface area (Å²) >= 11 is 0. The predicted molar refractivity (Wildman–Crippen MR) is 76.0 cm³/mol. The van der Waals surface area contributed by atoms with E-state index < -0.39 is 0 Å². The van der Waals surface area contributed by atoms with Crippen LogP contribution >= 0.6 is 0 Å². The fourth-order valence-electron chi connectivity index (χ4n) is 3.05. The molecular formula is C14H25N5. The first-order valence-corrected chi connectivity index (χ1v) is 7.36. The second-order valence-corrected chi connectivity index (χ2v) is 6.03. The summed E-state index contributed by atoms with van der Waals surface area (Å²) in [7, 11) is 2.20. The number of aromatic nitrogens is 2. The molecule has 1 aromatic heterocycles. The third kappa shape index (κ3) is 2.55. The zero-order valence-corrected chi connectivity index (χ0v) is 12.0. The van der Waals surface area contributed by atoms with E-state index in [4.69, 9.17) is 5.73 Å². The van der Waals surface area contributed by atoms with E-state index in [-0.39, 0.29) is 0 Å². The number of likely N-dealkylation sites (N-methyl/N-ethyl adjacent to an activating group) is 1. The highest BCUT2D eigenvalue weighted by molar-refractivity contribution is 5.10. The van der Waals surface area contributed by atoms with Gasteiger partial charge in [-0.25, -0.2) is 4.98 Å². The van der Waals surface area contributed by atoms with E-state index in [1.54, 1.807) is 0 Å². The maximum atomic E-state index is 6.07. The van der Waals surface area contributed by atoms with Crippen LogP contribution in [0.5, 0.6) is 0 Å². The van der Waals surface area contributed by atoms with Gasteiger partial charge in [-0.3, -0.25) is 4.90 Å². The molecular weight excluding hydrogens is 238 g/mol. The molecule has 2 atom stereocenters. The van der Waals surface area contributed by atoms with Gasteiger partial charge in [0, 0.05) is 44.5 Å². The van der Waals surface area contributed by atoms with Crippen molar-refractivity contribution in [2.45, 2.75) is 37.9 Å². The first kappa shape index (κ1) is 13.1. The van der Waals surface area contributed by atoms with E-state index in [0.717, 1.165) is 19.6 Å². The maximum Gasteiger partial charge on any atom is 0.0951 e. The Morgan fingerprint density at radius 1 is 1.42 bits per heavy atom. The van der Waals surface area contributed by atoms with Gasteiger partial charge in [0.25, 0.3) is 0 Å². The van der Waals surface area contributed by atoms with Crippen molar-refractivity contribution in [3.63, 3.8) is 0 Å².